The Labute approximate surface area is 164 Å². The van der Waals surface area contributed by atoms with Gasteiger partial charge in [0.2, 0.25) is 0 Å². The number of anilines is 1. The molecule has 28 heavy (non-hydrogen) atoms. The molecule has 5 heterocycles. The molecule has 3 aromatic rings. The highest BCUT2D eigenvalue weighted by atomic mass is 16.5. The van der Waals surface area contributed by atoms with Gasteiger partial charge in [0, 0.05) is 37.5 Å². The third-order valence-corrected chi connectivity index (χ3v) is 5.83. The first-order chi connectivity index (χ1) is 13.8. The molecule has 1 atom stereocenters. The number of H-pyrrole nitrogens is 1. The van der Waals surface area contributed by atoms with Gasteiger partial charge in [0.25, 0.3) is 0 Å². The molecule has 2 aliphatic heterocycles. The van der Waals surface area contributed by atoms with Crippen molar-refractivity contribution in [3.05, 3.63) is 36.2 Å². The number of hydrogen-bond acceptors (Lipinski definition) is 6. The molecule has 0 aliphatic carbocycles. The number of nitrogens with one attached hydrogen (secondary N) is 1. The average molecular weight is 379 g/mol. The monoisotopic (exact) mass is 379 g/mol. The third kappa shape index (κ3) is 3.14. The van der Waals surface area contributed by atoms with E-state index in [9.17, 15) is 0 Å². The zero-order valence-corrected chi connectivity index (χ0v) is 16.1. The number of aromatic amines is 1. The minimum atomic E-state index is 0.300. The lowest BCUT2D eigenvalue weighted by molar-refractivity contribution is 0.0855. The van der Waals surface area contributed by atoms with Crippen LogP contribution >= 0.6 is 0 Å². The summed E-state index contributed by atoms with van der Waals surface area (Å²) in [5, 5.41) is 8.33. The summed E-state index contributed by atoms with van der Waals surface area (Å²) in [4.78, 5) is 12.1. The SMILES string of the molecule is CC1COCCN1c1cc(C2CCOCC2)c2ccnc(-c3ccn[nH]3)c2n1. The van der Waals surface area contributed by atoms with Crippen molar-refractivity contribution in [2.75, 3.05) is 37.9 Å². The first-order valence-electron chi connectivity index (χ1n) is 10.0. The van der Waals surface area contributed by atoms with Crippen molar-refractivity contribution >= 4 is 16.7 Å². The van der Waals surface area contributed by atoms with Gasteiger partial charge in [-0.3, -0.25) is 10.1 Å². The fourth-order valence-electron chi connectivity index (χ4n) is 4.31. The van der Waals surface area contributed by atoms with Gasteiger partial charge in [-0.25, -0.2) is 4.98 Å². The molecule has 2 saturated heterocycles. The molecule has 0 bridgehead atoms. The minimum Gasteiger partial charge on any atom is -0.381 e. The Kier molecular flexibility index (Phi) is 4.70. The summed E-state index contributed by atoms with van der Waals surface area (Å²) in [5.41, 5.74) is 4.03. The Morgan fingerprint density at radius 1 is 1.11 bits per heavy atom. The number of fused-ring (bicyclic) bond motifs is 1. The van der Waals surface area contributed by atoms with Crippen molar-refractivity contribution < 1.29 is 9.47 Å². The summed E-state index contributed by atoms with van der Waals surface area (Å²) in [6, 6.07) is 6.63. The predicted octanol–water partition coefficient (Wildman–Crippen LogP) is 3.14. The molecule has 5 rings (SSSR count). The van der Waals surface area contributed by atoms with Crippen LogP contribution in [0.25, 0.3) is 22.3 Å². The van der Waals surface area contributed by atoms with Crippen molar-refractivity contribution in [3.63, 3.8) is 0 Å². The molecule has 2 aliphatic rings. The predicted molar refractivity (Wildman–Crippen MR) is 108 cm³/mol. The van der Waals surface area contributed by atoms with Gasteiger partial charge in [0.05, 0.1) is 24.9 Å². The van der Waals surface area contributed by atoms with E-state index in [0.29, 0.717) is 12.0 Å². The fraction of sp³-hybridized carbons (Fsp3) is 0.476. The Hall–Kier alpha value is -2.51. The topological polar surface area (TPSA) is 76.2 Å². The van der Waals surface area contributed by atoms with Crippen LogP contribution in [0.1, 0.15) is 31.2 Å². The number of aromatic nitrogens is 4. The number of hydrogen-bond donors (Lipinski definition) is 1. The largest absolute Gasteiger partial charge is 0.381 e. The molecule has 2 fully saturated rings. The van der Waals surface area contributed by atoms with Gasteiger partial charge in [0.1, 0.15) is 17.0 Å². The van der Waals surface area contributed by atoms with E-state index in [-0.39, 0.29) is 0 Å². The van der Waals surface area contributed by atoms with E-state index >= 15 is 0 Å². The van der Waals surface area contributed by atoms with E-state index in [4.69, 9.17) is 14.5 Å². The van der Waals surface area contributed by atoms with Gasteiger partial charge >= 0.3 is 0 Å². The van der Waals surface area contributed by atoms with Crippen LogP contribution in [0.15, 0.2) is 30.6 Å². The second kappa shape index (κ2) is 7.48. The van der Waals surface area contributed by atoms with Gasteiger partial charge in [-0.05, 0) is 49.4 Å². The molecule has 0 radical (unpaired) electrons. The van der Waals surface area contributed by atoms with Gasteiger partial charge < -0.3 is 14.4 Å². The number of rotatable bonds is 3. The maximum atomic E-state index is 5.64. The Bertz CT molecular complexity index is 953. The molecule has 7 heteroatoms. The summed E-state index contributed by atoms with van der Waals surface area (Å²) in [5.74, 6) is 1.49. The molecular weight excluding hydrogens is 354 g/mol. The first-order valence-corrected chi connectivity index (χ1v) is 10.0. The van der Waals surface area contributed by atoms with Crippen molar-refractivity contribution in [2.45, 2.75) is 31.7 Å². The number of ether oxygens (including phenoxy) is 2. The third-order valence-electron chi connectivity index (χ3n) is 5.83. The average Bonchev–Trinajstić information content (AvgIpc) is 3.28. The van der Waals surface area contributed by atoms with E-state index < -0.39 is 0 Å². The summed E-state index contributed by atoms with van der Waals surface area (Å²) in [7, 11) is 0. The smallest absolute Gasteiger partial charge is 0.130 e. The van der Waals surface area contributed by atoms with Gasteiger partial charge in [0.15, 0.2) is 0 Å². The van der Waals surface area contributed by atoms with Crippen molar-refractivity contribution in [2.24, 2.45) is 0 Å². The molecule has 1 N–H and O–H groups in total. The van der Waals surface area contributed by atoms with Crippen molar-refractivity contribution in [1.29, 1.82) is 0 Å². The fourth-order valence-corrected chi connectivity index (χ4v) is 4.31. The van der Waals surface area contributed by atoms with Crippen LogP contribution in [0.4, 0.5) is 5.82 Å². The molecule has 0 spiro atoms. The maximum Gasteiger partial charge on any atom is 0.130 e. The molecule has 3 aromatic heterocycles. The van der Waals surface area contributed by atoms with Crippen LogP contribution < -0.4 is 4.90 Å². The molecule has 0 saturated carbocycles. The Morgan fingerprint density at radius 3 is 2.79 bits per heavy atom. The number of pyridine rings is 2. The number of nitrogens with zero attached hydrogens (tertiary/aromatic N) is 4. The van der Waals surface area contributed by atoms with Crippen LogP contribution in [0, 0.1) is 0 Å². The summed E-state index contributed by atoms with van der Waals surface area (Å²) < 4.78 is 11.2. The van der Waals surface area contributed by atoms with Crippen LogP contribution in [-0.2, 0) is 9.47 Å². The lowest BCUT2D eigenvalue weighted by Gasteiger charge is -2.35. The van der Waals surface area contributed by atoms with Gasteiger partial charge in [-0.2, -0.15) is 5.10 Å². The Balaban J connectivity index is 1.70. The highest BCUT2D eigenvalue weighted by Gasteiger charge is 2.25. The van der Waals surface area contributed by atoms with E-state index in [1.165, 1.54) is 10.9 Å². The molecule has 0 amide bonds. The normalized spacial score (nSPS) is 21.3. The second-order valence-corrected chi connectivity index (χ2v) is 7.60. The second-order valence-electron chi connectivity index (χ2n) is 7.60. The van der Waals surface area contributed by atoms with Gasteiger partial charge in [-0.15, -0.1) is 0 Å². The zero-order valence-electron chi connectivity index (χ0n) is 16.1. The summed E-state index contributed by atoms with van der Waals surface area (Å²) >= 11 is 0. The molecule has 0 aromatic carbocycles. The lowest BCUT2D eigenvalue weighted by atomic mass is 9.89. The van der Waals surface area contributed by atoms with E-state index in [1.807, 2.05) is 12.3 Å². The quantitative estimate of drug-likeness (QED) is 0.753. The van der Waals surface area contributed by atoms with E-state index in [2.05, 4.69) is 39.1 Å². The maximum absolute atomic E-state index is 5.64. The van der Waals surface area contributed by atoms with Crippen molar-refractivity contribution in [1.82, 2.24) is 20.2 Å². The van der Waals surface area contributed by atoms with E-state index in [0.717, 1.165) is 68.5 Å². The van der Waals surface area contributed by atoms with Crippen LogP contribution in [-0.4, -0.2) is 59.2 Å². The van der Waals surface area contributed by atoms with Crippen LogP contribution in [0.5, 0.6) is 0 Å². The molecule has 7 nitrogen and oxygen atoms in total. The zero-order chi connectivity index (χ0) is 18.9. The van der Waals surface area contributed by atoms with Crippen LogP contribution in [0.3, 0.4) is 0 Å². The summed E-state index contributed by atoms with van der Waals surface area (Å²) in [6.45, 7) is 6.14. The first kappa shape index (κ1) is 17.6. The molecule has 1 unspecified atom stereocenters. The molecule has 146 valence electrons. The van der Waals surface area contributed by atoms with Crippen molar-refractivity contribution in [3.8, 4) is 11.4 Å². The highest BCUT2D eigenvalue weighted by Crippen LogP contribution is 2.37. The van der Waals surface area contributed by atoms with E-state index in [1.54, 1.807) is 6.20 Å². The Morgan fingerprint density at radius 2 is 2.00 bits per heavy atom. The van der Waals surface area contributed by atoms with Gasteiger partial charge in [-0.1, -0.05) is 0 Å². The molecular formula is C21H25N5O2. The number of morpholine rings is 1. The lowest BCUT2D eigenvalue weighted by Crippen LogP contribution is -2.44. The minimum absolute atomic E-state index is 0.300. The highest BCUT2D eigenvalue weighted by molar-refractivity contribution is 5.94. The van der Waals surface area contributed by atoms with Crippen LogP contribution in [0.2, 0.25) is 0 Å². The standard InChI is InChI=1S/C21H25N5O2/c1-14-13-28-11-8-26(14)19-12-17(15-4-9-27-10-5-15)16-2-6-22-21(20(16)24-19)18-3-7-23-25-18/h2-3,6-7,12,14-15H,4-5,8-11,13H2,1H3,(H,23,25). The summed E-state index contributed by atoms with van der Waals surface area (Å²) in [6.07, 6.45) is 5.71.